The van der Waals surface area contributed by atoms with Crippen molar-refractivity contribution < 1.29 is 0 Å². The van der Waals surface area contributed by atoms with E-state index in [9.17, 15) is 0 Å². The molecule has 2 bridgehead atoms. The first-order chi connectivity index (χ1) is 6.76. The van der Waals surface area contributed by atoms with Gasteiger partial charge in [0, 0.05) is 31.2 Å². The highest BCUT2D eigenvalue weighted by Gasteiger charge is 2.39. The molecule has 0 aromatic heterocycles. The van der Waals surface area contributed by atoms with Gasteiger partial charge in [-0.3, -0.25) is 9.80 Å². The molecule has 2 rings (SSSR count). The minimum Gasteiger partial charge on any atom is -0.298 e. The zero-order valence-electron chi connectivity index (χ0n) is 9.87. The molecule has 0 aromatic rings. The minimum atomic E-state index is 0.789. The zero-order chi connectivity index (χ0) is 10.1. The van der Waals surface area contributed by atoms with Gasteiger partial charge >= 0.3 is 0 Å². The van der Waals surface area contributed by atoms with Crippen molar-refractivity contribution in [2.75, 3.05) is 19.6 Å². The average Bonchev–Trinajstić information content (AvgIpc) is 2.46. The van der Waals surface area contributed by atoms with E-state index in [-0.39, 0.29) is 0 Å². The Morgan fingerprint density at radius 2 is 1.71 bits per heavy atom. The standard InChI is InChI=1S/C12H24N2/c1-4-10(3)13-8-11-6-7-12(9-13)14(11)5-2/h10-12H,4-9H2,1-3H3. The molecule has 0 saturated carbocycles. The lowest BCUT2D eigenvalue weighted by Crippen LogP contribution is -2.55. The van der Waals surface area contributed by atoms with Crippen LogP contribution in [0, 0.1) is 0 Å². The second-order valence-corrected chi connectivity index (χ2v) is 4.93. The van der Waals surface area contributed by atoms with E-state index in [0.29, 0.717) is 0 Å². The van der Waals surface area contributed by atoms with E-state index in [2.05, 4.69) is 30.6 Å². The number of nitrogens with zero attached hydrogens (tertiary/aromatic N) is 2. The maximum absolute atomic E-state index is 2.72. The maximum Gasteiger partial charge on any atom is 0.0227 e. The summed E-state index contributed by atoms with van der Waals surface area (Å²) >= 11 is 0. The van der Waals surface area contributed by atoms with E-state index in [1.165, 1.54) is 38.9 Å². The Kier molecular flexibility index (Phi) is 3.13. The monoisotopic (exact) mass is 196 g/mol. The fourth-order valence-corrected chi connectivity index (χ4v) is 3.16. The summed E-state index contributed by atoms with van der Waals surface area (Å²) in [4.78, 5) is 5.42. The topological polar surface area (TPSA) is 6.48 Å². The van der Waals surface area contributed by atoms with Crippen molar-refractivity contribution >= 4 is 0 Å². The molecule has 0 spiro atoms. The first-order valence-corrected chi connectivity index (χ1v) is 6.26. The highest BCUT2D eigenvalue weighted by Crippen LogP contribution is 2.30. The molecule has 2 aliphatic heterocycles. The van der Waals surface area contributed by atoms with Crippen LogP contribution in [0.25, 0.3) is 0 Å². The second kappa shape index (κ2) is 4.19. The van der Waals surface area contributed by atoms with Gasteiger partial charge in [0.1, 0.15) is 0 Å². The molecule has 14 heavy (non-hydrogen) atoms. The minimum absolute atomic E-state index is 0.789. The third-order valence-corrected chi connectivity index (χ3v) is 4.24. The maximum atomic E-state index is 2.72. The predicted molar refractivity (Wildman–Crippen MR) is 60.5 cm³/mol. The van der Waals surface area contributed by atoms with Gasteiger partial charge in [-0.05, 0) is 32.7 Å². The Morgan fingerprint density at radius 3 is 2.14 bits per heavy atom. The van der Waals surface area contributed by atoms with Crippen LogP contribution in [0.4, 0.5) is 0 Å². The molecule has 2 saturated heterocycles. The predicted octanol–water partition coefficient (Wildman–Crippen LogP) is 1.95. The molecule has 82 valence electrons. The van der Waals surface area contributed by atoms with Crippen molar-refractivity contribution in [2.45, 2.75) is 58.2 Å². The smallest absolute Gasteiger partial charge is 0.0227 e. The molecule has 3 atom stereocenters. The number of fused-ring (bicyclic) bond motifs is 2. The third-order valence-electron chi connectivity index (χ3n) is 4.24. The first kappa shape index (κ1) is 10.4. The molecule has 0 amide bonds. The van der Waals surface area contributed by atoms with E-state index in [4.69, 9.17) is 0 Å². The highest BCUT2D eigenvalue weighted by molar-refractivity contribution is 4.96. The molecule has 2 heteroatoms. The van der Waals surface area contributed by atoms with E-state index in [0.717, 1.165) is 18.1 Å². The summed E-state index contributed by atoms with van der Waals surface area (Å²) in [5.41, 5.74) is 0. The number of hydrogen-bond donors (Lipinski definition) is 0. The van der Waals surface area contributed by atoms with Gasteiger partial charge in [-0.25, -0.2) is 0 Å². The summed E-state index contributed by atoms with van der Waals surface area (Å²) in [5, 5.41) is 0. The molecular formula is C12H24N2. The lowest BCUT2D eigenvalue weighted by Gasteiger charge is -2.43. The quantitative estimate of drug-likeness (QED) is 0.681. The van der Waals surface area contributed by atoms with Crippen LogP contribution in [-0.2, 0) is 0 Å². The highest BCUT2D eigenvalue weighted by atomic mass is 15.3. The number of rotatable bonds is 3. The zero-order valence-corrected chi connectivity index (χ0v) is 9.87. The summed E-state index contributed by atoms with van der Waals surface area (Å²) in [6.45, 7) is 10.9. The lowest BCUT2D eigenvalue weighted by molar-refractivity contribution is 0.0479. The third kappa shape index (κ3) is 1.70. The molecule has 3 unspecified atom stereocenters. The fourth-order valence-electron chi connectivity index (χ4n) is 3.16. The summed E-state index contributed by atoms with van der Waals surface area (Å²) < 4.78 is 0. The molecule has 2 fully saturated rings. The van der Waals surface area contributed by atoms with Crippen LogP contribution in [0.15, 0.2) is 0 Å². The van der Waals surface area contributed by atoms with Crippen LogP contribution >= 0.6 is 0 Å². The van der Waals surface area contributed by atoms with Crippen molar-refractivity contribution in [1.29, 1.82) is 0 Å². The van der Waals surface area contributed by atoms with E-state index in [1.807, 2.05) is 0 Å². The van der Waals surface area contributed by atoms with Gasteiger partial charge in [-0.1, -0.05) is 13.8 Å². The molecule has 2 nitrogen and oxygen atoms in total. The van der Waals surface area contributed by atoms with Crippen LogP contribution < -0.4 is 0 Å². The number of hydrogen-bond acceptors (Lipinski definition) is 2. The Labute approximate surface area is 88.3 Å². The first-order valence-electron chi connectivity index (χ1n) is 6.26. The summed E-state index contributed by atoms with van der Waals surface area (Å²) in [6, 6.07) is 2.53. The van der Waals surface area contributed by atoms with E-state index in [1.54, 1.807) is 0 Å². The summed E-state index contributed by atoms with van der Waals surface area (Å²) in [5.74, 6) is 0. The molecule has 0 radical (unpaired) electrons. The van der Waals surface area contributed by atoms with E-state index >= 15 is 0 Å². The van der Waals surface area contributed by atoms with E-state index < -0.39 is 0 Å². The van der Waals surface area contributed by atoms with Gasteiger partial charge in [0.05, 0.1) is 0 Å². The summed E-state index contributed by atoms with van der Waals surface area (Å²) in [6.07, 6.45) is 4.17. The number of piperazine rings is 1. The summed E-state index contributed by atoms with van der Waals surface area (Å²) in [7, 11) is 0. The largest absolute Gasteiger partial charge is 0.298 e. The number of likely N-dealkylation sites (N-methyl/N-ethyl adjacent to an activating group) is 1. The lowest BCUT2D eigenvalue weighted by atomic mass is 10.1. The Morgan fingerprint density at radius 1 is 1.14 bits per heavy atom. The molecule has 0 aromatic carbocycles. The van der Waals surface area contributed by atoms with Crippen molar-refractivity contribution in [2.24, 2.45) is 0 Å². The molecular weight excluding hydrogens is 172 g/mol. The van der Waals surface area contributed by atoms with Gasteiger partial charge in [-0.15, -0.1) is 0 Å². The van der Waals surface area contributed by atoms with Crippen molar-refractivity contribution in [3.05, 3.63) is 0 Å². The Hall–Kier alpha value is -0.0800. The van der Waals surface area contributed by atoms with Crippen LogP contribution in [0.1, 0.15) is 40.0 Å². The Bertz CT molecular complexity index is 179. The molecule has 0 N–H and O–H groups in total. The Balaban J connectivity index is 1.98. The average molecular weight is 196 g/mol. The van der Waals surface area contributed by atoms with Crippen LogP contribution in [0.5, 0.6) is 0 Å². The second-order valence-electron chi connectivity index (χ2n) is 4.93. The van der Waals surface area contributed by atoms with Gasteiger partial charge in [0.25, 0.3) is 0 Å². The number of likely N-dealkylation sites (tertiary alicyclic amines) is 1. The van der Waals surface area contributed by atoms with Gasteiger partial charge in [0.15, 0.2) is 0 Å². The van der Waals surface area contributed by atoms with Crippen molar-refractivity contribution in [3.8, 4) is 0 Å². The van der Waals surface area contributed by atoms with Crippen LogP contribution in [0.2, 0.25) is 0 Å². The van der Waals surface area contributed by atoms with Gasteiger partial charge in [-0.2, -0.15) is 0 Å². The van der Waals surface area contributed by atoms with Crippen molar-refractivity contribution in [3.63, 3.8) is 0 Å². The SMILES string of the molecule is CCC(C)N1CC2CCC(C1)N2CC. The van der Waals surface area contributed by atoms with Crippen LogP contribution in [0.3, 0.4) is 0 Å². The van der Waals surface area contributed by atoms with Gasteiger partial charge in [0.2, 0.25) is 0 Å². The van der Waals surface area contributed by atoms with Crippen LogP contribution in [-0.4, -0.2) is 47.6 Å². The normalized spacial score (nSPS) is 36.2. The molecule has 0 aliphatic carbocycles. The van der Waals surface area contributed by atoms with Gasteiger partial charge < -0.3 is 0 Å². The van der Waals surface area contributed by atoms with Crippen molar-refractivity contribution in [1.82, 2.24) is 9.80 Å². The molecule has 2 aliphatic rings. The fraction of sp³-hybridized carbons (Fsp3) is 1.00. The molecule has 2 heterocycles.